The predicted octanol–water partition coefficient (Wildman–Crippen LogP) is 4.10. The zero-order chi connectivity index (χ0) is 18.5. The van der Waals surface area contributed by atoms with Gasteiger partial charge in [-0.2, -0.15) is 5.10 Å². The van der Waals surface area contributed by atoms with Gasteiger partial charge in [0, 0.05) is 11.1 Å². The molecule has 0 aliphatic carbocycles. The summed E-state index contributed by atoms with van der Waals surface area (Å²) in [7, 11) is 0. The molecule has 3 rings (SSSR count). The van der Waals surface area contributed by atoms with Gasteiger partial charge in [-0.1, -0.05) is 35.5 Å². The van der Waals surface area contributed by atoms with Gasteiger partial charge in [-0.3, -0.25) is 14.9 Å². The number of aromatic nitrogens is 1. The van der Waals surface area contributed by atoms with Crippen molar-refractivity contribution in [2.75, 3.05) is 5.75 Å². The quantitative estimate of drug-likeness (QED) is 0.287. The van der Waals surface area contributed by atoms with Gasteiger partial charge in [0.05, 0.1) is 32.7 Å². The van der Waals surface area contributed by atoms with E-state index in [2.05, 4.69) is 15.5 Å². The zero-order valence-corrected chi connectivity index (χ0v) is 15.5. The van der Waals surface area contributed by atoms with Crippen molar-refractivity contribution in [2.24, 2.45) is 5.10 Å². The molecule has 2 aromatic carbocycles. The van der Waals surface area contributed by atoms with Crippen molar-refractivity contribution in [1.29, 1.82) is 0 Å². The summed E-state index contributed by atoms with van der Waals surface area (Å²) in [5.41, 5.74) is 3.30. The number of hydrogen-bond donors (Lipinski definition) is 1. The molecule has 1 aromatic heterocycles. The van der Waals surface area contributed by atoms with Gasteiger partial charge >= 0.3 is 0 Å². The molecule has 3 aromatic rings. The Morgan fingerprint density at radius 1 is 1.38 bits per heavy atom. The smallest absolute Gasteiger partial charge is 0.272 e. The van der Waals surface area contributed by atoms with Gasteiger partial charge in [-0.05, 0) is 24.3 Å². The predicted molar refractivity (Wildman–Crippen MR) is 104 cm³/mol. The molecule has 0 unspecified atom stereocenters. The third-order valence-corrected chi connectivity index (χ3v) is 5.59. The number of para-hydroxylation sites is 1. The number of benzene rings is 2. The van der Waals surface area contributed by atoms with Crippen molar-refractivity contribution in [3.05, 3.63) is 63.2 Å². The first-order valence-corrected chi connectivity index (χ1v) is 9.45. The third-order valence-electron chi connectivity index (χ3n) is 3.18. The molecule has 0 atom stereocenters. The van der Waals surface area contributed by atoms with E-state index >= 15 is 0 Å². The lowest BCUT2D eigenvalue weighted by molar-refractivity contribution is -0.385. The van der Waals surface area contributed by atoms with Gasteiger partial charge in [0.1, 0.15) is 0 Å². The molecule has 0 aliphatic heterocycles. The molecule has 1 N–H and O–H groups in total. The number of nitro groups is 1. The van der Waals surface area contributed by atoms with Crippen molar-refractivity contribution in [3.63, 3.8) is 0 Å². The number of carbonyl (C=O) groups excluding carboxylic acids is 1. The van der Waals surface area contributed by atoms with E-state index in [1.165, 1.54) is 47.5 Å². The van der Waals surface area contributed by atoms with Gasteiger partial charge in [0.25, 0.3) is 11.6 Å². The Morgan fingerprint density at radius 3 is 2.96 bits per heavy atom. The van der Waals surface area contributed by atoms with Crippen LogP contribution in [0.2, 0.25) is 5.02 Å². The van der Waals surface area contributed by atoms with Crippen LogP contribution in [-0.4, -0.2) is 27.8 Å². The van der Waals surface area contributed by atoms with Crippen LogP contribution in [0.5, 0.6) is 0 Å². The summed E-state index contributed by atoms with van der Waals surface area (Å²) in [4.78, 5) is 26.7. The fourth-order valence-corrected chi connectivity index (χ4v) is 4.08. The van der Waals surface area contributed by atoms with Crippen LogP contribution in [0.25, 0.3) is 10.2 Å². The molecule has 0 spiro atoms. The minimum Gasteiger partial charge on any atom is -0.272 e. The number of amides is 1. The number of thiazole rings is 1. The topological polar surface area (TPSA) is 97.5 Å². The highest BCUT2D eigenvalue weighted by Gasteiger charge is 2.12. The third kappa shape index (κ3) is 4.57. The molecular formula is C16H11ClN4O3S2. The Labute approximate surface area is 161 Å². The summed E-state index contributed by atoms with van der Waals surface area (Å²) >= 11 is 8.65. The maximum Gasteiger partial charge on any atom is 0.278 e. The maximum atomic E-state index is 11.9. The Balaban J connectivity index is 1.58. The van der Waals surface area contributed by atoms with Crippen LogP contribution in [0.3, 0.4) is 0 Å². The SMILES string of the molecule is O=C(CSc1nc2ccccc2s1)N/N=C\c1cc(Cl)ccc1[N+](=O)[O-]. The van der Waals surface area contributed by atoms with Gasteiger partial charge in [0.15, 0.2) is 4.34 Å². The van der Waals surface area contributed by atoms with Gasteiger partial charge < -0.3 is 0 Å². The average molecular weight is 407 g/mol. The highest BCUT2D eigenvalue weighted by atomic mass is 35.5. The van der Waals surface area contributed by atoms with E-state index in [-0.39, 0.29) is 22.9 Å². The van der Waals surface area contributed by atoms with Crippen LogP contribution in [0.4, 0.5) is 5.69 Å². The van der Waals surface area contributed by atoms with E-state index in [1.807, 2.05) is 24.3 Å². The van der Waals surface area contributed by atoms with Crippen LogP contribution in [0.1, 0.15) is 5.56 Å². The van der Waals surface area contributed by atoms with E-state index in [9.17, 15) is 14.9 Å². The standard InChI is InChI=1S/C16H11ClN4O3S2/c17-11-5-6-13(21(23)24)10(7-11)8-18-20-15(22)9-25-16-19-12-3-1-2-4-14(12)26-16/h1-8H,9H2,(H,20,22)/b18-8-. The molecule has 0 saturated heterocycles. The van der Waals surface area contributed by atoms with Gasteiger partial charge in [0.2, 0.25) is 0 Å². The molecule has 0 aliphatic rings. The first kappa shape index (κ1) is 18.3. The maximum absolute atomic E-state index is 11.9. The van der Waals surface area contributed by atoms with Crippen molar-refractivity contribution < 1.29 is 9.72 Å². The minimum absolute atomic E-state index is 0.134. The van der Waals surface area contributed by atoms with Crippen molar-refractivity contribution in [2.45, 2.75) is 4.34 Å². The largest absolute Gasteiger partial charge is 0.278 e. The number of thioether (sulfide) groups is 1. The Kier molecular flexibility index (Phi) is 5.82. The summed E-state index contributed by atoms with van der Waals surface area (Å²) < 4.78 is 1.84. The number of nitro benzene ring substituents is 1. The Bertz CT molecular complexity index is 973. The molecule has 10 heteroatoms. The van der Waals surface area contributed by atoms with Crippen molar-refractivity contribution in [1.82, 2.24) is 10.4 Å². The lowest BCUT2D eigenvalue weighted by Gasteiger charge is -1.99. The number of fused-ring (bicyclic) bond motifs is 1. The van der Waals surface area contributed by atoms with Crippen molar-refractivity contribution in [3.8, 4) is 0 Å². The lowest BCUT2D eigenvalue weighted by atomic mass is 10.2. The molecule has 26 heavy (non-hydrogen) atoms. The van der Waals surface area contributed by atoms with Gasteiger partial charge in [-0.15, -0.1) is 11.3 Å². The molecular weight excluding hydrogens is 396 g/mol. The van der Waals surface area contributed by atoms with Crippen LogP contribution in [0.15, 0.2) is 51.9 Å². The number of nitrogens with zero attached hydrogens (tertiary/aromatic N) is 3. The number of rotatable bonds is 6. The fourth-order valence-electron chi connectivity index (χ4n) is 2.04. The minimum atomic E-state index is -0.539. The van der Waals surface area contributed by atoms with Crippen LogP contribution in [-0.2, 0) is 4.79 Å². The zero-order valence-electron chi connectivity index (χ0n) is 13.1. The fraction of sp³-hybridized carbons (Fsp3) is 0.0625. The van der Waals surface area contributed by atoms with E-state index in [1.54, 1.807) is 0 Å². The summed E-state index contributed by atoms with van der Waals surface area (Å²) in [6.07, 6.45) is 1.20. The number of nitrogens with one attached hydrogen (secondary N) is 1. The molecule has 0 fully saturated rings. The van der Waals surface area contributed by atoms with E-state index in [0.717, 1.165) is 14.6 Å². The summed E-state index contributed by atoms with van der Waals surface area (Å²) in [5.74, 6) is -0.204. The normalized spacial score (nSPS) is 11.1. The molecule has 7 nitrogen and oxygen atoms in total. The summed E-state index contributed by atoms with van der Waals surface area (Å²) in [5, 5.41) is 15.1. The van der Waals surface area contributed by atoms with Gasteiger partial charge in [-0.25, -0.2) is 10.4 Å². The second kappa shape index (κ2) is 8.26. The molecule has 0 saturated carbocycles. The van der Waals surface area contributed by atoms with E-state index in [0.29, 0.717) is 5.02 Å². The summed E-state index contributed by atoms with van der Waals surface area (Å²) in [6.45, 7) is 0. The van der Waals surface area contributed by atoms with E-state index < -0.39 is 4.92 Å². The molecule has 0 radical (unpaired) electrons. The number of hydrogen-bond acceptors (Lipinski definition) is 7. The monoisotopic (exact) mass is 406 g/mol. The van der Waals surface area contributed by atoms with E-state index in [4.69, 9.17) is 11.6 Å². The lowest BCUT2D eigenvalue weighted by Crippen LogP contribution is -2.19. The van der Waals surface area contributed by atoms with Crippen LogP contribution >= 0.6 is 34.7 Å². The number of hydrazone groups is 1. The highest BCUT2D eigenvalue weighted by Crippen LogP contribution is 2.29. The second-order valence-electron chi connectivity index (χ2n) is 4.99. The molecule has 0 bridgehead atoms. The second-order valence-corrected chi connectivity index (χ2v) is 7.68. The Morgan fingerprint density at radius 2 is 2.19 bits per heavy atom. The molecule has 1 amide bonds. The number of halogens is 1. The van der Waals surface area contributed by atoms with Crippen molar-refractivity contribution >= 4 is 62.7 Å². The number of carbonyl (C=O) groups is 1. The van der Waals surface area contributed by atoms with Crippen LogP contribution < -0.4 is 5.43 Å². The Hall–Kier alpha value is -2.49. The van der Waals surface area contributed by atoms with Crippen LogP contribution in [0, 0.1) is 10.1 Å². The first-order chi connectivity index (χ1) is 12.5. The molecule has 1 heterocycles. The summed E-state index contributed by atoms with van der Waals surface area (Å²) in [6, 6.07) is 11.8. The highest BCUT2D eigenvalue weighted by molar-refractivity contribution is 8.01. The molecule has 132 valence electrons. The first-order valence-electron chi connectivity index (χ1n) is 7.27. The average Bonchev–Trinajstić information content (AvgIpc) is 3.03.